The molecule has 17 heavy (non-hydrogen) atoms. The van der Waals surface area contributed by atoms with E-state index < -0.39 is 0 Å². The zero-order chi connectivity index (χ0) is 12.5. The summed E-state index contributed by atoms with van der Waals surface area (Å²) in [5.41, 5.74) is 1.06. The first-order valence-corrected chi connectivity index (χ1v) is 5.66. The van der Waals surface area contributed by atoms with E-state index in [0.717, 1.165) is 5.56 Å². The van der Waals surface area contributed by atoms with Crippen molar-refractivity contribution in [1.29, 1.82) is 0 Å². The Morgan fingerprint density at radius 1 is 1.18 bits per heavy atom. The summed E-state index contributed by atoms with van der Waals surface area (Å²) >= 11 is 0. The summed E-state index contributed by atoms with van der Waals surface area (Å²) in [6.07, 6.45) is 4.41. The Morgan fingerprint density at radius 2 is 1.76 bits per heavy atom. The van der Waals surface area contributed by atoms with E-state index in [9.17, 15) is 4.79 Å². The lowest BCUT2D eigenvalue weighted by molar-refractivity contribution is -0.132. The van der Waals surface area contributed by atoms with Gasteiger partial charge >= 0.3 is 0 Å². The number of aliphatic hydroxyl groups is 2. The van der Waals surface area contributed by atoms with Gasteiger partial charge in [-0.05, 0) is 24.1 Å². The molecule has 0 saturated carbocycles. The maximum Gasteiger partial charge on any atom is 0.223 e. The summed E-state index contributed by atoms with van der Waals surface area (Å²) in [6, 6.07) is 3.74. The molecule has 1 amide bonds. The second kappa shape index (κ2) is 7.76. The normalized spacial score (nSPS) is 10.2. The van der Waals surface area contributed by atoms with Crippen molar-refractivity contribution in [2.75, 3.05) is 26.3 Å². The van der Waals surface area contributed by atoms with Gasteiger partial charge in [-0.15, -0.1) is 0 Å². The Hall–Kier alpha value is -1.46. The molecule has 5 nitrogen and oxygen atoms in total. The molecule has 0 saturated heterocycles. The Morgan fingerprint density at radius 3 is 2.29 bits per heavy atom. The van der Waals surface area contributed by atoms with Crippen molar-refractivity contribution in [1.82, 2.24) is 9.88 Å². The van der Waals surface area contributed by atoms with Gasteiger partial charge in [0.1, 0.15) is 0 Å². The maximum atomic E-state index is 11.8. The predicted molar refractivity (Wildman–Crippen MR) is 63.3 cm³/mol. The number of hydrogen-bond donors (Lipinski definition) is 2. The molecule has 0 aliphatic rings. The Kier molecular flexibility index (Phi) is 6.21. The third kappa shape index (κ3) is 4.93. The fourth-order valence-electron chi connectivity index (χ4n) is 1.56. The second-order valence-electron chi connectivity index (χ2n) is 3.68. The van der Waals surface area contributed by atoms with Crippen LogP contribution in [0.5, 0.6) is 0 Å². The molecule has 0 unspecified atom stereocenters. The van der Waals surface area contributed by atoms with Gasteiger partial charge < -0.3 is 15.1 Å². The van der Waals surface area contributed by atoms with Crippen LogP contribution >= 0.6 is 0 Å². The number of nitrogens with zero attached hydrogens (tertiary/aromatic N) is 2. The summed E-state index contributed by atoms with van der Waals surface area (Å²) in [5.74, 6) is -0.0510. The standard InChI is InChI=1S/C12H18N2O3/c15-9-7-14(8-10-16)12(17)2-1-11-3-5-13-6-4-11/h3-6,15-16H,1-2,7-10H2. The van der Waals surface area contributed by atoms with Gasteiger partial charge in [0.25, 0.3) is 0 Å². The van der Waals surface area contributed by atoms with Crippen LogP contribution < -0.4 is 0 Å². The third-order valence-corrected chi connectivity index (χ3v) is 2.47. The van der Waals surface area contributed by atoms with Crippen molar-refractivity contribution in [3.63, 3.8) is 0 Å². The minimum absolute atomic E-state index is 0.0510. The molecule has 2 N–H and O–H groups in total. The second-order valence-corrected chi connectivity index (χ2v) is 3.68. The largest absolute Gasteiger partial charge is 0.395 e. The number of aromatic nitrogens is 1. The van der Waals surface area contributed by atoms with E-state index in [2.05, 4.69) is 4.98 Å². The fourth-order valence-corrected chi connectivity index (χ4v) is 1.56. The number of aliphatic hydroxyl groups excluding tert-OH is 2. The van der Waals surface area contributed by atoms with E-state index >= 15 is 0 Å². The summed E-state index contributed by atoms with van der Waals surface area (Å²) in [6.45, 7) is 0.382. The molecule has 94 valence electrons. The molecule has 0 radical (unpaired) electrons. The third-order valence-electron chi connectivity index (χ3n) is 2.47. The number of aryl methyl sites for hydroxylation is 1. The summed E-state index contributed by atoms with van der Waals surface area (Å²) in [4.78, 5) is 17.2. The van der Waals surface area contributed by atoms with Gasteiger partial charge in [-0.3, -0.25) is 9.78 Å². The highest BCUT2D eigenvalue weighted by Gasteiger charge is 2.11. The molecular formula is C12H18N2O3. The molecular weight excluding hydrogens is 220 g/mol. The first-order chi connectivity index (χ1) is 8.27. The van der Waals surface area contributed by atoms with Gasteiger partial charge in [0, 0.05) is 31.9 Å². The average molecular weight is 238 g/mol. The Balaban J connectivity index is 2.41. The fraction of sp³-hybridized carbons (Fsp3) is 0.500. The van der Waals surface area contributed by atoms with E-state index in [1.807, 2.05) is 12.1 Å². The highest BCUT2D eigenvalue weighted by molar-refractivity contribution is 5.76. The summed E-state index contributed by atoms with van der Waals surface area (Å²) in [5, 5.41) is 17.6. The summed E-state index contributed by atoms with van der Waals surface area (Å²) < 4.78 is 0. The number of rotatable bonds is 7. The monoisotopic (exact) mass is 238 g/mol. The van der Waals surface area contributed by atoms with Gasteiger partial charge in [0.05, 0.1) is 13.2 Å². The summed E-state index contributed by atoms with van der Waals surface area (Å²) in [7, 11) is 0. The van der Waals surface area contributed by atoms with Gasteiger partial charge in [-0.25, -0.2) is 0 Å². The van der Waals surface area contributed by atoms with Gasteiger partial charge in [0.2, 0.25) is 5.91 Å². The van der Waals surface area contributed by atoms with E-state index in [1.165, 1.54) is 4.90 Å². The number of amides is 1. The molecule has 0 bridgehead atoms. The van der Waals surface area contributed by atoms with Crippen molar-refractivity contribution in [2.45, 2.75) is 12.8 Å². The number of carbonyl (C=O) groups excluding carboxylic acids is 1. The molecule has 0 atom stereocenters. The van der Waals surface area contributed by atoms with Gasteiger partial charge in [-0.2, -0.15) is 0 Å². The van der Waals surface area contributed by atoms with Crippen LogP contribution in [0.15, 0.2) is 24.5 Å². The first kappa shape index (κ1) is 13.6. The smallest absolute Gasteiger partial charge is 0.223 e. The van der Waals surface area contributed by atoms with Crippen LogP contribution in [0, 0.1) is 0 Å². The topological polar surface area (TPSA) is 73.7 Å². The lowest BCUT2D eigenvalue weighted by atomic mass is 10.1. The maximum absolute atomic E-state index is 11.8. The van der Waals surface area contributed by atoms with Crippen molar-refractivity contribution >= 4 is 5.91 Å². The van der Waals surface area contributed by atoms with Crippen LogP contribution in [0.25, 0.3) is 0 Å². The zero-order valence-electron chi connectivity index (χ0n) is 9.75. The van der Waals surface area contributed by atoms with Gasteiger partial charge in [0.15, 0.2) is 0 Å². The molecule has 5 heteroatoms. The van der Waals surface area contributed by atoms with Crippen molar-refractivity contribution in [3.05, 3.63) is 30.1 Å². The molecule has 0 aromatic carbocycles. The molecule has 0 fully saturated rings. The van der Waals surface area contributed by atoms with Crippen LogP contribution in [0.1, 0.15) is 12.0 Å². The van der Waals surface area contributed by atoms with Crippen molar-refractivity contribution in [2.24, 2.45) is 0 Å². The van der Waals surface area contributed by atoms with Gasteiger partial charge in [-0.1, -0.05) is 0 Å². The molecule has 1 rings (SSSR count). The number of carbonyl (C=O) groups is 1. The van der Waals surface area contributed by atoms with E-state index in [0.29, 0.717) is 12.8 Å². The molecule has 0 spiro atoms. The first-order valence-electron chi connectivity index (χ1n) is 5.66. The van der Waals surface area contributed by atoms with E-state index in [1.54, 1.807) is 12.4 Å². The van der Waals surface area contributed by atoms with Crippen LogP contribution in [0.2, 0.25) is 0 Å². The lowest BCUT2D eigenvalue weighted by Crippen LogP contribution is -2.35. The minimum Gasteiger partial charge on any atom is -0.395 e. The van der Waals surface area contributed by atoms with Crippen LogP contribution in [-0.4, -0.2) is 52.3 Å². The number of hydrogen-bond acceptors (Lipinski definition) is 4. The minimum atomic E-state index is -0.0823. The van der Waals surface area contributed by atoms with Crippen LogP contribution in [0.3, 0.4) is 0 Å². The highest BCUT2D eigenvalue weighted by Crippen LogP contribution is 2.03. The number of pyridine rings is 1. The van der Waals surface area contributed by atoms with Crippen LogP contribution in [-0.2, 0) is 11.2 Å². The molecule has 0 aliphatic heterocycles. The molecule has 1 aromatic rings. The molecule has 1 aromatic heterocycles. The van der Waals surface area contributed by atoms with E-state index in [4.69, 9.17) is 10.2 Å². The SMILES string of the molecule is O=C(CCc1ccncc1)N(CCO)CCO. The molecule has 1 heterocycles. The quantitative estimate of drug-likeness (QED) is 0.691. The average Bonchev–Trinajstić information content (AvgIpc) is 2.37. The van der Waals surface area contributed by atoms with Crippen LogP contribution in [0.4, 0.5) is 0 Å². The van der Waals surface area contributed by atoms with Crippen molar-refractivity contribution in [3.8, 4) is 0 Å². The zero-order valence-corrected chi connectivity index (χ0v) is 9.75. The Labute approximate surface area is 101 Å². The Bertz CT molecular complexity index is 324. The van der Waals surface area contributed by atoms with Crippen molar-refractivity contribution < 1.29 is 15.0 Å². The molecule has 0 aliphatic carbocycles. The predicted octanol–water partition coefficient (Wildman–Crippen LogP) is -0.173. The lowest BCUT2D eigenvalue weighted by Gasteiger charge is -2.20. The highest BCUT2D eigenvalue weighted by atomic mass is 16.3. The van der Waals surface area contributed by atoms with E-state index in [-0.39, 0.29) is 32.2 Å².